The number of benzene rings is 2. The summed E-state index contributed by atoms with van der Waals surface area (Å²) in [5.41, 5.74) is 3.33. The number of nitrogens with one attached hydrogen (secondary N) is 1. The smallest absolute Gasteiger partial charge is 0.175 e. The summed E-state index contributed by atoms with van der Waals surface area (Å²) in [7, 11) is 0. The van der Waals surface area contributed by atoms with E-state index >= 15 is 0 Å². The van der Waals surface area contributed by atoms with Gasteiger partial charge in [-0.2, -0.15) is 5.21 Å². The van der Waals surface area contributed by atoms with Gasteiger partial charge in [-0.05, 0) is 66.3 Å². The van der Waals surface area contributed by atoms with E-state index in [9.17, 15) is 9.18 Å². The summed E-state index contributed by atoms with van der Waals surface area (Å²) in [6.07, 6.45) is 4.65. The SMILES string of the molecule is O=C1C2CC3CC1CC(C2)C3(Cc1nn[nH]n1)c1ccc(-c2ccc(F)cc2)cc1. The van der Waals surface area contributed by atoms with Crippen molar-refractivity contribution in [1.29, 1.82) is 0 Å². The summed E-state index contributed by atoms with van der Waals surface area (Å²) in [6.45, 7) is 0. The molecule has 0 spiro atoms. The van der Waals surface area contributed by atoms with E-state index in [1.165, 1.54) is 17.7 Å². The second-order valence-electron chi connectivity index (χ2n) is 9.26. The number of aromatic nitrogens is 4. The first-order valence-electron chi connectivity index (χ1n) is 10.8. The van der Waals surface area contributed by atoms with Crippen LogP contribution in [0.2, 0.25) is 0 Å². The first-order chi connectivity index (χ1) is 14.6. The lowest BCUT2D eigenvalue weighted by atomic mass is 9.42. The van der Waals surface area contributed by atoms with E-state index in [0.717, 1.165) is 49.1 Å². The van der Waals surface area contributed by atoms with Crippen molar-refractivity contribution in [3.63, 3.8) is 0 Å². The fourth-order valence-corrected chi connectivity index (χ4v) is 6.73. The largest absolute Gasteiger partial charge is 0.299 e. The van der Waals surface area contributed by atoms with Crippen LogP contribution in [0.3, 0.4) is 0 Å². The monoisotopic (exact) mass is 402 g/mol. The molecule has 4 aliphatic rings. The predicted molar refractivity (Wildman–Crippen MR) is 109 cm³/mol. The van der Waals surface area contributed by atoms with Crippen molar-refractivity contribution >= 4 is 5.78 Å². The molecule has 152 valence electrons. The van der Waals surface area contributed by atoms with Gasteiger partial charge < -0.3 is 0 Å². The van der Waals surface area contributed by atoms with Gasteiger partial charge in [-0.25, -0.2) is 4.39 Å². The molecule has 1 N–H and O–H groups in total. The van der Waals surface area contributed by atoms with E-state index < -0.39 is 0 Å². The molecular weight excluding hydrogens is 379 g/mol. The van der Waals surface area contributed by atoms with Gasteiger partial charge in [0.2, 0.25) is 0 Å². The average Bonchev–Trinajstić information content (AvgIpc) is 3.26. The number of H-pyrrole nitrogens is 1. The first-order valence-corrected chi connectivity index (χ1v) is 10.8. The van der Waals surface area contributed by atoms with Gasteiger partial charge in [0, 0.05) is 23.7 Å². The van der Waals surface area contributed by atoms with Crippen molar-refractivity contribution in [1.82, 2.24) is 20.6 Å². The van der Waals surface area contributed by atoms with Gasteiger partial charge in [0.1, 0.15) is 11.6 Å². The third-order valence-electron chi connectivity index (χ3n) is 7.98. The lowest BCUT2D eigenvalue weighted by Gasteiger charge is -2.60. The number of nitrogens with zero attached hydrogens (tertiary/aromatic N) is 3. The van der Waals surface area contributed by atoms with Crippen molar-refractivity contribution in [2.75, 3.05) is 0 Å². The van der Waals surface area contributed by atoms with Crippen LogP contribution in [-0.4, -0.2) is 26.4 Å². The Kier molecular flexibility index (Phi) is 3.92. The van der Waals surface area contributed by atoms with Crippen LogP contribution < -0.4 is 0 Å². The fourth-order valence-electron chi connectivity index (χ4n) is 6.73. The topological polar surface area (TPSA) is 71.5 Å². The van der Waals surface area contributed by atoms with Crippen LogP contribution in [0, 0.1) is 29.5 Å². The Hall–Kier alpha value is -2.89. The number of carbonyl (C=O) groups excluding carboxylic acids is 1. The lowest BCUT2D eigenvalue weighted by Crippen LogP contribution is -2.59. The van der Waals surface area contributed by atoms with Gasteiger partial charge in [0.05, 0.1) is 0 Å². The zero-order valence-electron chi connectivity index (χ0n) is 16.6. The molecule has 0 radical (unpaired) electrons. The molecule has 0 atom stereocenters. The maximum absolute atomic E-state index is 13.3. The Morgan fingerprint density at radius 3 is 2.00 bits per heavy atom. The molecule has 30 heavy (non-hydrogen) atoms. The molecule has 5 nitrogen and oxygen atoms in total. The first kappa shape index (κ1) is 17.9. The van der Waals surface area contributed by atoms with Crippen molar-refractivity contribution in [3.05, 3.63) is 65.7 Å². The molecule has 0 amide bonds. The van der Waals surface area contributed by atoms with E-state index in [0.29, 0.717) is 17.6 Å². The molecule has 4 bridgehead atoms. The maximum atomic E-state index is 13.3. The molecule has 4 saturated carbocycles. The highest BCUT2D eigenvalue weighted by Crippen LogP contribution is 2.62. The number of tetrazole rings is 1. The molecule has 4 fully saturated rings. The number of rotatable bonds is 4. The number of hydrogen-bond acceptors (Lipinski definition) is 4. The fraction of sp³-hybridized carbons (Fsp3) is 0.417. The number of hydrogen-bond donors (Lipinski definition) is 1. The van der Waals surface area contributed by atoms with Crippen LogP contribution in [0.4, 0.5) is 4.39 Å². The molecule has 1 heterocycles. The van der Waals surface area contributed by atoms with E-state index in [2.05, 4.69) is 44.9 Å². The highest BCUT2D eigenvalue weighted by molar-refractivity contribution is 5.85. The van der Waals surface area contributed by atoms with Crippen LogP contribution in [0.15, 0.2) is 48.5 Å². The standard InChI is InChI=1S/C24H23FN4O/c25-21-7-3-15(4-8-21)14-1-5-18(6-2-14)24(13-22-26-28-29-27-22)19-9-16-10-20(24)12-17(11-19)23(16)30/h1-8,16-17,19-20H,9-13H2,(H,26,27,28,29). The van der Waals surface area contributed by atoms with Gasteiger partial charge >= 0.3 is 0 Å². The van der Waals surface area contributed by atoms with Gasteiger partial charge in [-0.1, -0.05) is 41.6 Å². The Morgan fingerprint density at radius 2 is 1.47 bits per heavy atom. The second kappa shape index (κ2) is 6.56. The molecule has 6 heteroatoms. The third-order valence-corrected chi connectivity index (χ3v) is 7.98. The molecule has 2 aromatic carbocycles. The second-order valence-corrected chi connectivity index (χ2v) is 9.26. The molecule has 1 aromatic heterocycles. The van der Waals surface area contributed by atoms with Crippen LogP contribution in [-0.2, 0) is 16.6 Å². The summed E-state index contributed by atoms with van der Waals surface area (Å²) in [4.78, 5) is 12.6. The molecule has 7 rings (SSSR count). The molecule has 0 aliphatic heterocycles. The summed E-state index contributed by atoms with van der Waals surface area (Å²) >= 11 is 0. The number of carbonyl (C=O) groups is 1. The molecular formula is C24H23FN4O. The average molecular weight is 402 g/mol. The van der Waals surface area contributed by atoms with E-state index in [4.69, 9.17) is 0 Å². The van der Waals surface area contributed by atoms with Crippen LogP contribution in [0.25, 0.3) is 11.1 Å². The number of halogens is 1. The zero-order valence-corrected chi connectivity index (χ0v) is 16.6. The Bertz CT molecular complexity index is 1040. The molecule has 0 unspecified atom stereocenters. The van der Waals surface area contributed by atoms with E-state index in [1.54, 1.807) is 0 Å². The van der Waals surface area contributed by atoms with Crippen molar-refractivity contribution in [3.8, 4) is 11.1 Å². The van der Waals surface area contributed by atoms with E-state index in [1.807, 2.05) is 12.1 Å². The molecule has 4 aliphatic carbocycles. The van der Waals surface area contributed by atoms with Gasteiger partial charge in [0.25, 0.3) is 0 Å². The highest BCUT2D eigenvalue weighted by Gasteiger charge is 2.60. The minimum atomic E-state index is -0.224. The normalized spacial score (nSPS) is 32.0. The quantitative estimate of drug-likeness (QED) is 0.713. The third kappa shape index (κ3) is 2.59. The Balaban J connectivity index is 1.41. The summed E-state index contributed by atoms with van der Waals surface area (Å²) in [5, 5.41) is 14.9. The van der Waals surface area contributed by atoms with Crippen molar-refractivity contribution in [2.24, 2.45) is 23.7 Å². The van der Waals surface area contributed by atoms with Crippen molar-refractivity contribution in [2.45, 2.75) is 37.5 Å². The zero-order chi connectivity index (χ0) is 20.3. The molecule has 3 aromatic rings. The van der Waals surface area contributed by atoms with Gasteiger partial charge in [-0.15, -0.1) is 10.2 Å². The van der Waals surface area contributed by atoms with Gasteiger partial charge in [0.15, 0.2) is 5.82 Å². The summed E-state index contributed by atoms with van der Waals surface area (Å²) < 4.78 is 13.3. The molecule has 0 saturated heterocycles. The summed E-state index contributed by atoms with van der Waals surface area (Å²) in [6, 6.07) is 15.3. The lowest BCUT2D eigenvalue weighted by molar-refractivity contribution is -0.147. The van der Waals surface area contributed by atoms with Crippen LogP contribution in [0.1, 0.15) is 37.1 Å². The Labute approximate surface area is 174 Å². The minimum absolute atomic E-state index is 0.0566. The predicted octanol–water partition coefficient (Wildman–Crippen LogP) is 4.12. The maximum Gasteiger partial charge on any atom is 0.175 e. The van der Waals surface area contributed by atoms with Crippen molar-refractivity contribution < 1.29 is 9.18 Å². The summed E-state index contributed by atoms with van der Waals surface area (Å²) in [5.74, 6) is 2.44. The highest BCUT2D eigenvalue weighted by atomic mass is 19.1. The Morgan fingerprint density at radius 1 is 0.900 bits per heavy atom. The van der Waals surface area contributed by atoms with Crippen LogP contribution >= 0.6 is 0 Å². The number of Topliss-reactive ketones (excluding diaryl/α,β-unsaturated/α-hetero) is 1. The van der Waals surface area contributed by atoms with E-state index in [-0.39, 0.29) is 23.1 Å². The minimum Gasteiger partial charge on any atom is -0.299 e. The number of ketones is 1. The van der Waals surface area contributed by atoms with Gasteiger partial charge in [-0.3, -0.25) is 4.79 Å². The van der Waals surface area contributed by atoms with Crippen LogP contribution in [0.5, 0.6) is 0 Å². The number of aromatic amines is 1.